The van der Waals surface area contributed by atoms with Gasteiger partial charge in [0.2, 0.25) is 0 Å². The van der Waals surface area contributed by atoms with Crippen LogP contribution in [-0.2, 0) is 16.0 Å². The van der Waals surface area contributed by atoms with Gasteiger partial charge in [0, 0.05) is 5.57 Å². The number of carbonyl (C=O) groups is 1. The van der Waals surface area contributed by atoms with E-state index in [9.17, 15) is 9.18 Å². The minimum atomic E-state index is -1.77. The van der Waals surface area contributed by atoms with Crippen molar-refractivity contribution in [2.45, 2.75) is 71.0 Å². The molecule has 0 saturated carbocycles. The van der Waals surface area contributed by atoms with Crippen molar-refractivity contribution >= 4 is 14.0 Å². The molecule has 1 aliphatic rings. The van der Waals surface area contributed by atoms with Crippen molar-refractivity contribution in [1.82, 2.24) is 0 Å². The number of ether oxygens (including phenoxy) is 1. The normalized spacial score (nSPS) is 16.8. The molecule has 2 rings (SSSR count). The monoisotopic (exact) mass is 374 g/mol. The van der Waals surface area contributed by atoms with Crippen LogP contribution in [0.15, 0.2) is 47.4 Å². The predicted octanol–water partition coefficient (Wildman–Crippen LogP) is 6.34. The van der Waals surface area contributed by atoms with Gasteiger partial charge in [-0.15, -0.1) is 0 Å². The molecule has 142 valence electrons. The number of esters is 1. The summed E-state index contributed by atoms with van der Waals surface area (Å²) in [5.74, 6) is 0.250. The molecule has 0 atom stereocenters. The maximum Gasteiger partial charge on any atom is 0.339 e. The fourth-order valence-electron chi connectivity index (χ4n) is 4.35. The third-order valence-corrected chi connectivity index (χ3v) is 12.6. The fraction of sp³-hybridized carbons (Fsp3) is 0.500. The van der Waals surface area contributed by atoms with Crippen LogP contribution >= 0.6 is 0 Å². The lowest BCUT2D eigenvalue weighted by Gasteiger charge is -2.40. The molecule has 2 nitrogen and oxygen atoms in total. The Hall–Kier alpha value is -1.68. The van der Waals surface area contributed by atoms with Crippen molar-refractivity contribution < 1.29 is 13.9 Å². The minimum Gasteiger partial charge on any atom is -0.424 e. The molecule has 0 N–H and O–H groups in total. The number of cyclic esters (lactones) is 1. The van der Waals surface area contributed by atoms with Crippen LogP contribution < -0.4 is 0 Å². The van der Waals surface area contributed by atoms with Crippen molar-refractivity contribution in [3.05, 3.63) is 58.8 Å². The maximum absolute atomic E-state index is 13.0. The SMILES string of the molecule is CC(C)[Si](/C=C1/C=C(CCc2ccc(F)cc2)C(=O)O1)(C(C)C)C(C)C. The zero-order chi connectivity index (χ0) is 19.5. The molecule has 4 heteroatoms. The van der Waals surface area contributed by atoms with E-state index >= 15 is 0 Å². The molecular weight excluding hydrogens is 343 g/mol. The first-order valence-electron chi connectivity index (χ1n) is 9.56. The number of benzene rings is 1. The molecule has 0 aromatic heterocycles. The van der Waals surface area contributed by atoms with E-state index in [0.29, 0.717) is 35.0 Å². The Bertz CT molecular complexity index is 678. The third-order valence-electron chi connectivity index (χ3n) is 5.78. The zero-order valence-electron chi connectivity index (χ0n) is 16.8. The number of hydrogen-bond donors (Lipinski definition) is 0. The van der Waals surface area contributed by atoms with Gasteiger partial charge >= 0.3 is 5.97 Å². The fourth-order valence-corrected chi connectivity index (χ4v) is 9.99. The molecule has 0 radical (unpaired) electrons. The number of carbonyl (C=O) groups excluding carboxylic acids is 1. The van der Waals surface area contributed by atoms with Crippen molar-refractivity contribution in [1.29, 1.82) is 0 Å². The molecule has 0 fully saturated rings. The highest BCUT2D eigenvalue weighted by Crippen LogP contribution is 2.43. The van der Waals surface area contributed by atoms with Gasteiger partial charge in [-0.25, -0.2) is 9.18 Å². The van der Waals surface area contributed by atoms with Crippen LogP contribution in [0.4, 0.5) is 4.39 Å². The second-order valence-electron chi connectivity index (χ2n) is 8.20. The minimum absolute atomic E-state index is 0.238. The summed E-state index contributed by atoms with van der Waals surface area (Å²) >= 11 is 0. The van der Waals surface area contributed by atoms with Gasteiger partial charge in [-0.2, -0.15) is 0 Å². The van der Waals surface area contributed by atoms with Crippen LogP contribution in [0.3, 0.4) is 0 Å². The third kappa shape index (κ3) is 4.34. The lowest BCUT2D eigenvalue weighted by atomic mass is 10.1. The number of allylic oxidation sites excluding steroid dienone is 1. The van der Waals surface area contributed by atoms with E-state index in [1.807, 2.05) is 6.08 Å². The van der Waals surface area contributed by atoms with Crippen molar-refractivity contribution in [2.24, 2.45) is 0 Å². The van der Waals surface area contributed by atoms with E-state index in [1.54, 1.807) is 12.1 Å². The Morgan fingerprint density at radius 2 is 1.50 bits per heavy atom. The van der Waals surface area contributed by atoms with E-state index in [4.69, 9.17) is 4.74 Å². The highest BCUT2D eigenvalue weighted by atomic mass is 28.3. The number of rotatable bonds is 7. The lowest BCUT2D eigenvalue weighted by molar-refractivity contribution is -0.133. The first kappa shape index (κ1) is 20.6. The summed E-state index contributed by atoms with van der Waals surface area (Å²) in [6.45, 7) is 13.7. The Balaban J connectivity index is 2.21. The first-order valence-corrected chi connectivity index (χ1v) is 11.9. The Labute approximate surface area is 158 Å². The van der Waals surface area contributed by atoms with E-state index in [0.717, 1.165) is 11.3 Å². The molecule has 0 spiro atoms. The summed E-state index contributed by atoms with van der Waals surface area (Å²) in [6, 6.07) is 6.44. The second-order valence-corrected chi connectivity index (χ2v) is 13.9. The van der Waals surface area contributed by atoms with Gasteiger partial charge in [0.25, 0.3) is 0 Å². The van der Waals surface area contributed by atoms with Crippen LogP contribution in [0.1, 0.15) is 53.5 Å². The number of halogens is 1. The van der Waals surface area contributed by atoms with E-state index in [-0.39, 0.29) is 11.8 Å². The standard InChI is InChI=1S/C22H31FO2Si/c1-15(2)26(16(3)4,17(5)6)14-21-13-19(22(24)25-21)10-7-18-8-11-20(23)12-9-18/h8-9,11-17H,7,10H2,1-6H3/b21-14-. The van der Waals surface area contributed by atoms with Crippen LogP contribution in [0, 0.1) is 5.82 Å². The van der Waals surface area contributed by atoms with Gasteiger partial charge in [0.1, 0.15) is 11.6 Å². The average Bonchev–Trinajstić information content (AvgIpc) is 2.90. The maximum atomic E-state index is 13.0. The number of aryl methyl sites for hydroxylation is 1. The average molecular weight is 375 g/mol. The first-order chi connectivity index (χ1) is 12.2. The summed E-state index contributed by atoms with van der Waals surface area (Å²) in [7, 11) is -1.77. The Morgan fingerprint density at radius 3 is 2.00 bits per heavy atom. The summed E-state index contributed by atoms with van der Waals surface area (Å²) in [5, 5.41) is 0. The van der Waals surface area contributed by atoms with Crippen LogP contribution in [0.5, 0.6) is 0 Å². The van der Waals surface area contributed by atoms with Gasteiger partial charge in [-0.05, 0) is 53.2 Å². The highest BCUT2D eigenvalue weighted by molar-refractivity contribution is 6.88. The quantitative estimate of drug-likeness (QED) is 0.411. The van der Waals surface area contributed by atoms with Crippen LogP contribution in [0.2, 0.25) is 16.6 Å². The van der Waals surface area contributed by atoms with Crippen LogP contribution in [0.25, 0.3) is 0 Å². The molecule has 1 aliphatic heterocycles. The van der Waals surface area contributed by atoms with Crippen molar-refractivity contribution in [3.8, 4) is 0 Å². The molecule has 1 aromatic carbocycles. The molecule has 0 amide bonds. The molecule has 0 aliphatic carbocycles. The molecule has 0 saturated heterocycles. The smallest absolute Gasteiger partial charge is 0.339 e. The van der Waals surface area contributed by atoms with E-state index < -0.39 is 8.07 Å². The Kier molecular flexibility index (Phi) is 6.62. The molecule has 1 aromatic rings. The summed E-state index contributed by atoms with van der Waals surface area (Å²) < 4.78 is 18.6. The summed E-state index contributed by atoms with van der Waals surface area (Å²) in [6.07, 6.45) is 3.23. The Morgan fingerprint density at radius 1 is 0.962 bits per heavy atom. The summed E-state index contributed by atoms with van der Waals surface area (Å²) in [4.78, 5) is 12.3. The van der Waals surface area contributed by atoms with Gasteiger partial charge in [-0.3, -0.25) is 0 Å². The molecule has 26 heavy (non-hydrogen) atoms. The van der Waals surface area contributed by atoms with Gasteiger partial charge < -0.3 is 4.74 Å². The molecule has 0 unspecified atom stereocenters. The van der Waals surface area contributed by atoms with Crippen LogP contribution in [-0.4, -0.2) is 14.0 Å². The van der Waals surface area contributed by atoms with E-state index in [1.165, 1.54) is 12.1 Å². The van der Waals surface area contributed by atoms with Crippen molar-refractivity contribution in [3.63, 3.8) is 0 Å². The molecular formula is C22H31FO2Si. The zero-order valence-corrected chi connectivity index (χ0v) is 17.8. The van der Waals surface area contributed by atoms with Gasteiger partial charge in [-0.1, -0.05) is 59.4 Å². The largest absolute Gasteiger partial charge is 0.424 e. The van der Waals surface area contributed by atoms with Gasteiger partial charge in [0.15, 0.2) is 0 Å². The predicted molar refractivity (Wildman–Crippen MR) is 108 cm³/mol. The van der Waals surface area contributed by atoms with E-state index in [2.05, 4.69) is 47.2 Å². The van der Waals surface area contributed by atoms with Crippen molar-refractivity contribution in [2.75, 3.05) is 0 Å². The lowest BCUT2D eigenvalue weighted by Crippen LogP contribution is -2.43. The molecule has 0 bridgehead atoms. The highest BCUT2D eigenvalue weighted by Gasteiger charge is 2.42. The molecule has 1 heterocycles. The topological polar surface area (TPSA) is 26.3 Å². The van der Waals surface area contributed by atoms with Gasteiger partial charge in [0.05, 0.1) is 8.07 Å². The number of hydrogen-bond acceptors (Lipinski definition) is 2. The second kappa shape index (κ2) is 8.34. The summed E-state index contributed by atoms with van der Waals surface area (Å²) in [5.41, 5.74) is 5.75.